The first-order chi connectivity index (χ1) is 10.5. The van der Waals surface area contributed by atoms with Crippen LogP contribution >= 0.6 is 0 Å². The van der Waals surface area contributed by atoms with Crippen molar-refractivity contribution in [2.45, 2.75) is 38.6 Å². The van der Waals surface area contributed by atoms with Crippen molar-refractivity contribution in [2.24, 2.45) is 23.5 Å². The molecule has 1 saturated carbocycles. The highest BCUT2D eigenvalue weighted by molar-refractivity contribution is 5.86. The number of esters is 1. The van der Waals surface area contributed by atoms with E-state index in [0.717, 1.165) is 12.8 Å². The molecule has 1 aliphatic carbocycles. The summed E-state index contributed by atoms with van der Waals surface area (Å²) in [5.41, 5.74) is 5.29. The van der Waals surface area contributed by atoms with Crippen molar-refractivity contribution in [2.75, 3.05) is 19.7 Å². The molecule has 1 heterocycles. The lowest BCUT2D eigenvalue weighted by atomic mass is 9.91. The second-order valence-electron chi connectivity index (χ2n) is 6.29. The number of piperidine rings is 1. The molecule has 1 saturated heterocycles. The lowest BCUT2D eigenvalue weighted by Gasteiger charge is -2.25. The average molecular weight is 311 g/mol. The van der Waals surface area contributed by atoms with Gasteiger partial charge in [0.2, 0.25) is 11.8 Å². The molecule has 0 aromatic heterocycles. The number of hydrogen-bond acceptors (Lipinski definition) is 5. The molecule has 0 aromatic rings. The van der Waals surface area contributed by atoms with Crippen LogP contribution in [0.25, 0.3) is 0 Å². The number of carbonyl (C=O) groups excluding carboxylic acids is 3. The van der Waals surface area contributed by atoms with E-state index in [1.54, 1.807) is 0 Å². The molecule has 7 heteroatoms. The first-order valence-electron chi connectivity index (χ1n) is 7.95. The number of nitrogens with one attached hydrogen (secondary N) is 2. The Morgan fingerprint density at radius 3 is 2.82 bits per heavy atom. The monoisotopic (exact) mass is 311 g/mol. The van der Waals surface area contributed by atoms with Crippen molar-refractivity contribution in [3.8, 4) is 0 Å². The van der Waals surface area contributed by atoms with E-state index in [1.165, 1.54) is 0 Å². The van der Waals surface area contributed by atoms with Crippen molar-refractivity contribution < 1.29 is 19.1 Å². The van der Waals surface area contributed by atoms with Gasteiger partial charge in [-0.3, -0.25) is 9.59 Å². The molecular formula is C15H25N3O4. The number of hydrogen-bond donors (Lipinski definition) is 3. The molecule has 1 aliphatic heterocycles. The van der Waals surface area contributed by atoms with E-state index in [9.17, 15) is 14.4 Å². The van der Waals surface area contributed by atoms with Gasteiger partial charge in [0.1, 0.15) is 6.04 Å². The Morgan fingerprint density at radius 2 is 2.23 bits per heavy atom. The lowest BCUT2D eigenvalue weighted by Crippen LogP contribution is -2.48. The van der Waals surface area contributed by atoms with Gasteiger partial charge in [0, 0.05) is 12.5 Å². The smallest absolute Gasteiger partial charge is 0.328 e. The zero-order chi connectivity index (χ0) is 16.1. The zero-order valence-corrected chi connectivity index (χ0v) is 13.0. The highest BCUT2D eigenvalue weighted by atomic mass is 16.5. The maximum atomic E-state index is 12.2. The van der Waals surface area contributed by atoms with Crippen LogP contribution in [0.4, 0.5) is 0 Å². The highest BCUT2D eigenvalue weighted by Crippen LogP contribution is 2.37. The maximum absolute atomic E-state index is 12.2. The summed E-state index contributed by atoms with van der Waals surface area (Å²) in [6.07, 6.45) is 2.92. The molecule has 0 bridgehead atoms. The van der Waals surface area contributed by atoms with E-state index in [1.807, 2.05) is 0 Å². The van der Waals surface area contributed by atoms with E-state index in [2.05, 4.69) is 17.6 Å². The van der Waals surface area contributed by atoms with Crippen molar-refractivity contribution in [3.63, 3.8) is 0 Å². The topological polar surface area (TPSA) is 111 Å². The third-order valence-corrected chi connectivity index (χ3v) is 4.44. The fourth-order valence-corrected chi connectivity index (χ4v) is 2.73. The molecule has 2 unspecified atom stereocenters. The van der Waals surface area contributed by atoms with Gasteiger partial charge in [-0.2, -0.15) is 0 Å². The summed E-state index contributed by atoms with van der Waals surface area (Å²) in [5.74, 6) is -0.217. The summed E-state index contributed by atoms with van der Waals surface area (Å²) in [5, 5.41) is 5.35. The normalized spacial score (nSPS) is 28.5. The fraction of sp³-hybridized carbons (Fsp3) is 0.800. The molecular weight excluding hydrogens is 286 g/mol. The average Bonchev–Trinajstić information content (AvgIpc) is 3.21. The SMILES string of the molecule is CC1CC1COC(=O)[C@H](C[C@@H]1CCCNC1=O)NC(=O)CN. The van der Waals surface area contributed by atoms with E-state index < -0.39 is 17.9 Å². The third kappa shape index (κ3) is 4.69. The fourth-order valence-electron chi connectivity index (χ4n) is 2.73. The first kappa shape index (κ1) is 16.7. The van der Waals surface area contributed by atoms with Gasteiger partial charge < -0.3 is 21.1 Å². The molecule has 7 nitrogen and oxygen atoms in total. The molecule has 2 aliphatic rings. The number of rotatable bonds is 7. The number of carbonyl (C=O) groups is 3. The lowest BCUT2D eigenvalue weighted by molar-refractivity contribution is -0.149. The first-order valence-corrected chi connectivity index (χ1v) is 7.95. The molecule has 22 heavy (non-hydrogen) atoms. The minimum Gasteiger partial charge on any atom is -0.464 e. The molecule has 0 aromatic carbocycles. The molecule has 0 spiro atoms. The Morgan fingerprint density at radius 1 is 1.50 bits per heavy atom. The largest absolute Gasteiger partial charge is 0.464 e. The Balaban J connectivity index is 1.90. The summed E-state index contributed by atoms with van der Waals surface area (Å²) in [6, 6.07) is -0.807. The van der Waals surface area contributed by atoms with Gasteiger partial charge in [0.15, 0.2) is 0 Å². The van der Waals surface area contributed by atoms with Crippen molar-refractivity contribution >= 4 is 17.8 Å². The Bertz CT molecular complexity index is 441. The molecule has 2 fully saturated rings. The van der Waals surface area contributed by atoms with E-state index >= 15 is 0 Å². The van der Waals surface area contributed by atoms with Crippen LogP contribution in [-0.4, -0.2) is 43.5 Å². The molecule has 2 rings (SSSR count). The van der Waals surface area contributed by atoms with Gasteiger partial charge in [-0.1, -0.05) is 6.92 Å². The predicted molar refractivity (Wildman–Crippen MR) is 79.6 cm³/mol. The number of amides is 2. The summed E-state index contributed by atoms with van der Waals surface area (Å²) in [7, 11) is 0. The summed E-state index contributed by atoms with van der Waals surface area (Å²) in [6.45, 7) is 2.96. The van der Waals surface area contributed by atoms with Gasteiger partial charge >= 0.3 is 5.97 Å². The molecule has 4 atom stereocenters. The summed E-state index contributed by atoms with van der Waals surface area (Å²) < 4.78 is 5.29. The Kier molecular flexibility index (Phi) is 5.76. The van der Waals surface area contributed by atoms with Crippen LogP contribution < -0.4 is 16.4 Å². The van der Waals surface area contributed by atoms with Crippen molar-refractivity contribution in [1.29, 1.82) is 0 Å². The predicted octanol–water partition coefficient (Wildman–Crippen LogP) is -0.455. The molecule has 124 valence electrons. The maximum Gasteiger partial charge on any atom is 0.328 e. The zero-order valence-electron chi connectivity index (χ0n) is 13.0. The van der Waals surface area contributed by atoms with Crippen LogP contribution in [0, 0.1) is 17.8 Å². The van der Waals surface area contributed by atoms with Crippen LogP contribution in [0.2, 0.25) is 0 Å². The Labute approximate surface area is 130 Å². The van der Waals surface area contributed by atoms with Gasteiger partial charge in [0.25, 0.3) is 0 Å². The minimum atomic E-state index is -0.807. The van der Waals surface area contributed by atoms with E-state index in [-0.39, 0.29) is 24.8 Å². The van der Waals surface area contributed by atoms with Gasteiger partial charge in [-0.25, -0.2) is 4.79 Å². The van der Waals surface area contributed by atoms with Crippen LogP contribution in [0.1, 0.15) is 32.6 Å². The van der Waals surface area contributed by atoms with Crippen LogP contribution in [0.3, 0.4) is 0 Å². The highest BCUT2D eigenvalue weighted by Gasteiger charge is 2.35. The number of nitrogens with two attached hydrogens (primary N) is 1. The van der Waals surface area contributed by atoms with E-state index in [0.29, 0.717) is 31.4 Å². The standard InChI is InChI=1S/C15H25N3O4/c1-9-5-11(9)8-22-15(21)12(18-13(19)7-16)6-10-3-2-4-17-14(10)20/h9-12H,2-8,16H2,1H3,(H,17,20)(H,18,19)/t9?,10-,11?,12-/m0/s1. The van der Waals surface area contributed by atoms with Crippen LogP contribution in [0.5, 0.6) is 0 Å². The summed E-state index contributed by atoms with van der Waals surface area (Å²) >= 11 is 0. The molecule has 0 radical (unpaired) electrons. The van der Waals surface area contributed by atoms with Crippen molar-refractivity contribution in [3.05, 3.63) is 0 Å². The van der Waals surface area contributed by atoms with Gasteiger partial charge in [-0.05, 0) is 37.5 Å². The quantitative estimate of drug-likeness (QED) is 0.551. The second kappa shape index (κ2) is 7.58. The van der Waals surface area contributed by atoms with E-state index in [4.69, 9.17) is 10.5 Å². The van der Waals surface area contributed by atoms with Crippen LogP contribution in [0.15, 0.2) is 0 Å². The van der Waals surface area contributed by atoms with Crippen LogP contribution in [-0.2, 0) is 19.1 Å². The third-order valence-electron chi connectivity index (χ3n) is 4.44. The Hall–Kier alpha value is -1.63. The minimum absolute atomic E-state index is 0.0677. The summed E-state index contributed by atoms with van der Waals surface area (Å²) in [4.78, 5) is 35.5. The van der Waals surface area contributed by atoms with Gasteiger partial charge in [0.05, 0.1) is 13.2 Å². The second-order valence-corrected chi connectivity index (χ2v) is 6.29. The van der Waals surface area contributed by atoms with Crippen molar-refractivity contribution in [1.82, 2.24) is 10.6 Å². The molecule has 2 amide bonds. The molecule has 4 N–H and O–H groups in total. The van der Waals surface area contributed by atoms with Gasteiger partial charge in [-0.15, -0.1) is 0 Å². The number of ether oxygens (including phenoxy) is 1.